The Bertz CT molecular complexity index is 564. The van der Waals surface area contributed by atoms with Crippen LogP contribution in [0.5, 0.6) is 11.5 Å². The Morgan fingerprint density at radius 3 is 2.39 bits per heavy atom. The molecule has 0 saturated carbocycles. The first-order valence-electron chi connectivity index (χ1n) is 7.09. The first-order chi connectivity index (χ1) is 10.7. The van der Waals surface area contributed by atoms with E-state index < -0.39 is 23.7 Å². The second-order valence-electron chi connectivity index (χ2n) is 5.91. The van der Waals surface area contributed by atoms with E-state index in [0.717, 1.165) is 0 Å². The first-order valence-corrected chi connectivity index (χ1v) is 7.09. The average Bonchev–Trinajstić information content (AvgIpc) is 2.44. The molecular formula is C16H23NO6. The van der Waals surface area contributed by atoms with Crippen molar-refractivity contribution < 1.29 is 28.9 Å². The SMILES string of the molecule is COC(=O)C[C@@H](NC(=O)OC(C)(C)C)c1ccc(OC)c(O)c1. The van der Waals surface area contributed by atoms with E-state index in [1.807, 2.05) is 0 Å². The summed E-state index contributed by atoms with van der Waals surface area (Å²) >= 11 is 0. The van der Waals surface area contributed by atoms with E-state index in [4.69, 9.17) is 9.47 Å². The molecule has 0 radical (unpaired) electrons. The number of benzene rings is 1. The largest absolute Gasteiger partial charge is 0.504 e. The monoisotopic (exact) mass is 325 g/mol. The van der Waals surface area contributed by atoms with Gasteiger partial charge in [0.1, 0.15) is 5.60 Å². The van der Waals surface area contributed by atoms with Gasteiger partial charge in [0.15, 0.2) is 11.5 Å². The summed E-state index contributed by atoms with van der Waals surface area (Å²) in [7, 11) is 2.69. The Kier molecular flexibility index (Phi) is 6.24. The lowest BCUT2D eigenvalue weighted by molar-refractivity contribution is -0.141. The standard InChI is InChI=1S/C16H23NO6/c1-16(2,3)23-15(20)17-11(9-14(19)22-5)10-6-7-13(21-4)12(18)8-10/h6-8,11,18H,9H2,1-5H3,(H,17,20)/t11-/m1/s1. The summed E-state index contributed by atoms with van der Waals surface area (Å²) in [5, 5.41) is 12.5. The second kappa shape index (κ2) is 7.71. The number of hydrogen-bond donors (Lipinski definition) is 2. The van der Waals surface area contributed by atoms with Crippen LogP contribution in [0.1, 0.15) is 38.8 Å². The molecule has 1 atom stereocenters. The molecule has 0 fully saturated rings. The van der Waals surface area contributed by atoms with E-state index in [2.05, 4.69) is 10.1 Å². The van der Waals surface area contributed by atoms with Crippen LogP contribution in [-0.4, -0.2) is 37.0 Å². The van der Waals surface area contributed by atoms with E-state index in [0.29, 0.717) is 11.3 Å². The normalized spacial score (nSPS) is 12.2. The summed E-state index contributed by atoms with van der Waals surface area (Å²) in [5.41, 5.74) is -0.137. The molecule has 0 aliphatic heterocycles. The molecule has 0 aliphatic carbocycles. The maximum absolute atomic E-state index is 11.9. The summed E-state index contributed by atoms with van der Waals surface area (Å²) in [6.45, 7) is 5.21. The van der Waals surface area contributed by atoms with Crippen molar-refractivity contribution in [1.82, 2.24) is 5.32 Å². The van der Waals surface area contributed by atoms with Crippen LogP contribution < -0.4 is 10.1 Å². The van der Waals surface area contributed by atoms with Crippen LogP contribution >= 0.6 is 0 Å². The molecular weight excluding hydrogens is 302 g/mol. The van der Waals surface area contributed by atoms with Crippen LogP contribution in [0.3, 0.4) is 0 Å². The Morgan fingerprint density at radius 1 is 1.26 bits per heavy atom. The Morgan fingerprint density at radius 2 is 1.91 bits per heavy atom. The number of nitrogens with one attached hydrogen (secondary N) is 1. The number of carbonyl (C=O) groups is 2. The highest BCUT2D eigenvalue weighted by Gasteiger charge is 2.23. The number of rotatable bonds is 5. The third-order valence-corrected chi connectivity index (χ3v) is 2.89. The number of ether oxygens (including phenoxy) is 3. The number of alkyl carbamates (subject to hydrolysis) is 1. The van der Waals surface area contributed by atoms with Crippen molar-refractivity contribution in [2.24, 2.45) is 0 Å². The Hall–Kier alpha value is -2.44. The fourth-order valence-corrected chi connectivity index (χ4v) is 1.88. The highest BCUT2D eigenvalue weighted by Crippen LogP contribution is 2.30. The zero-order valence-corrected chi connectivity index (χ0v) is 14.0. The topological polar surface area (TPSA) is 94.1 Å². The minimum absolute atomic E-state index is 0.0918. The second-order valence-corrected chi connectivity index (χ2v) is 5.91. The van der Waals surface area contributed by atoms with Gasteiger partial charge in [-0.05, 0) is 38.5 Å². The van der Waals surface area contributed by atoms with E-state index >= 15 is 0 Å². The number of amides is 1. The molecule has 23 heavy (non-hydrogen) atoms. The molecule has 2 N–H and O–H groups in total. The Labute approximate surface area is 135 Å². The average molecular weight is 325 g/mol. The van der Waals surface area contributed by atoms with Crippen molar-refractivity contribution in [2.45, 2.75) is 38.8 Å². The van der Waals surface area contributed by atoms with Crippen LogP contribution in [0.2, 0.25) is 0 Å². The fraction of sp³-hybridized carbons (Fsp3) is 0.500. The van der Waals surface area contributed by atoms with Crippen molar-refractivity contribution >= 4 is 12.1 Å². The molecule has 7 nitrogen and oxygen atoms in total. The Balaban J connectivity index is 2.98. The van der Waals surface area contributed by atoms with Crippen molar-refractivity contribution in [3.63, 3.8) is 0 Å². The van der Waals surface area contributed by atoms with Crippen LogP contribution in [0.15, 0.2) is 18.2 Å². The van der Waals surface area contributed by atoms with Crippen LogP contribution in [0.25, 0.3) is 0 Å². The molecule has 1 aromatic rings. The molecule has 0 heterocycles. The predicted molar refractivity (Wildman–Crippen MR) is 83.4 cm³/mol. The van der Waals surface area contributed by atoms with Gasteiger partial charge in [-0.25, -0.2) is 4.79 Å². The van der Waals surface area contributed by atoms with Gasteiger partial charge in [-0.15, -0.1) is 0 Å². The quantitative estimate of drug-likeness (QED) is 0.808. The van der Waals surface area contributed by atoms with Gasteiger partial charge in [0.25, 0.3) is 0 Å². The molecule has 0 aliphatic rings. The minimum Gasteiger partial charge on any atom is -0.504 e. The number of phenols is 1. The van der Waals surface area contributed by atoms with Gasteiger partial charge in [0.2, 0.25) is 0 Å². The third kappa shape index (κ3) is 6.06. The van der Waals surface area contributed by atoms with Gasteiger partial charge in [-0.3, -0.25) is 4.79 Å². The van der Waals surface area contributed by atoms with E-state index in [9.17, 15) is 14.7 Å². The van der Waals surface area contributed by atoms with Gasteiger partial charge < -0.3 is 24.6 Å². The molecule has 7 heteroatoms. The van der Waals surface area contributed by atoms with E-state index in [1.165, 1.54) is 20.3 Å². The number of carbonyl (C=O) groups excluding carboxylic acids is 2. The highest BCUT2D eigenvalue weighted by molar-refractivity contribution is 5.73. The number of esters is 1. The third-order valence-electron chi connectivity index (χ3n) is 2.89. The molecule has 128 valence electrons. The van der Waals surface area contributed by atoms with Crippen molar-refractivity contribution in [3.05, 3.63) is 23.8 Å². The fourth-order valence-electron chi connectivity index (χ4n) is 1.88. The zero-order chi connectivity index (χ0) is 17.6. The number of phenolic OH excluding ortho intramolecular Hbond substituents is 1. The van der Waals surface area contributed by atoms with E-state index in [-0.39, 0.29) is 12.2 Å². The van der Waals surface area contributed by atoms with Gasteiger partial charge in [-0.1, -0.05) is 6.07 Å². The summed E-state index contributed by atoms with van der Waals surface area (Å²) in [6.07, 6.45) is -0.761. The van der Waals surface area contributed by atoms with Crippen LogP contribution in [0.4, 0.5) is 4.79 Å². The highest BCUT2D eigenvalue weighted by atomic mass is 16.6. The maximum atomic E-state index is 11.9. The van der Waals surface area contributed by atoms with Gasteiger partial charge >= 0.3 is 12.1 Å². The van der Waals surface area contributed by atoms with Crippen molar-refractivity contribution in [1.29, 1.82) is 0 Å². The number of hydrogen-bond acceptors (Lipinski definition) is 6. The maximum Gasteiger partial charge on any atom is 0.408 e. The van der Waals surface area contributed by atoms with Crippen LogP contribution in [-0.2, 0) is 14.3 Å². The summed E-state index contributed by atoms with van der Waals surface area (Å²) in [6, 6.07) is 3.91. The lowest BCUT2D eigenvalue weighted by atomic mass is 10.0. The molecule has 0 saturated heterocycles. The summed E-state index contributed by atoms with van der Waals surface area (Å²) in [4.78, 5) is 23.5. The lowest BCUT2D eigenvalue weighted by Gasteiger charge is -2.23. The molecule has 0 unspecified atom stereocenters. The lowest BCUT2D eigenvalue weighted by Crippen LogP contribution is -2.36. The van der Waals surface area contributed by atoms with Gasteiger partial charge in [-0.2, -0.15) is 0 Å². The van der Waals surface area contributed by atoms with Crippen LogP contribution in [0, 0.1) is 0 Å². The molecule has 0 aromatic heterocycles. The summed E-state index contributed by atoms with van der Waals surface area (Å²) < 4.78 is 14.8. The summed E-state index contributed by atoms with van der Waals surface area (Å²) in [5.74, 6) is -0.296. The predicted octanol–water partition coefficient (Wildman–Crippen LogP) is 2.53. The molecule has 1 rings (SSSR count). The molecule has 1 amide bonds. The molecule has 1 aromatic carbocycles. The zero-order valence-electron chi connectivity index (χ0n) is 14.0. The van der Waals surface area contributed by atoms with Crippen molar-refractivity contribution in [3.8, 4) is 11.5 Å². The minimum atomic E-state index is -0.700. The molecule has 0 bridgehead atoms. The number of methoxy groups -OCH3 is 2. The molecule has 0 spiro atoms. The van der Waals surface area contributed by atoms with Crippen molar-refractivity contribution in [2.75, 3.05) is 14.2 Å². The van der Waals surface area contributed by atoms with E-state index in [1.54, 1.807) is 32.9 Å². The smallest absolute Gasteiger partial charge is 0.408 e. The van der Waals surface area contributed by atoms with Gasteiger partial charge in [0, 0.05) is 0 Å². The first kappa shape index (κ1) is 18.6. The van der Waals surface area contributed by atoms with Gasteiger partial charge in [0.05, 0.1) is 26.7 Å². The number of aromatic hydroxyl groups is 1.